The first kappa shape index (κ1) is 13.9. The fourth-order valence-electron chi connectivity index (χ4n) is 2.68. The van der Waals surface area contributed by atoms with E-state index in [1.807, 2.05) is 12.1 Å². The number of carbonyl (C=O) groups excluding carboxylic acids is 1. The molecule has 0 saturated carbocycles. The van der Waals surface area contributed by atoms with Crippen LogP contribution >= 0.6 is 27.5 Å². The number of amides is 1. The predicted molar refractivity (Wildman–Crippen MR) is 79.3 cm³/mol. The molecule has 0 bridgehead atoms. The van der Waals surface area contributed by atoms with Crippen molar-refractivity contribution >= 4 is 39.1 Å². The van der Waals surface area contributed by atoms with Crippen LogP contribution in [0.25, 0.3) is 0 Å². The summed E-state index contributed by atoms with van der Waals surface area (Å²) < 4.78 is 1.02. The molecule has 0 spiro atoms. The number of hydrogen-bond acceptors (Lipinski definition) is 1. The van der Waals surface area contributed by atoms with Crippen molar-refractivity contribution in [2.24, 2.45) is 0 Å². The molecule has 1 atom stereocenters. The van der Waals surface area contributed by atoms with Crippen molar-refractivity contribution in [2.75, 3.05) is 11.2 Å². The summed E-state index contributed by atoms with van der Waals surface area (Å²) in [7, 11) is 0. The average molecular weight is 331 g/mol. The Kier molecular flexibility index (Phi) is 4.33. The van der Waals surface area contributed by atoms with E-state index in [-0.39, 0.29) is 11.3 Å². The molecule has 4 heteroatoms. The van der Waals surface area contributed by atoms with Gasteiger partial charge in [0.25, 0.3) is 0 Å². The van der Waals surface area contributed by atoms with E-state index in [4.69, 9.17) is 11.6 Å². The molecule has 1 N–H and O–H groups in total. The third-order valence-electron chi connectivity index (χ3n) is 3.77. The smallest absolute Gasteiger partial charge is 0.235 e. The van der Waals surface area contributed by atoms with Gasteiger partial charge >= 0.3 is 0 Å². The lowest BCUT2D eigenvalue weighted by atomic mass is 9.75. The Labute approximate surface area is 121 Å². The normalized spacial score (nSPS) is 21.8. The zero-order valence-corrected chi connectivity index (χ0v) is 12.8. The zero-order chi connectivity index (χ0) is 13.2. The van der Waals surface area contributed by atoms with Gasteiger partial charge in [0.15, 0.2) is 0 Å². The van der Waals surface area contributed by atoms with E-state index in [1.165, 1.54) is 0 Å². The second-order valence-corrected chi connectivity index (χ2v) is 6.02. The number of unbranched alkanes of at least 4 members (excludes halogenated alkanes) is 1. The molecular weight excluding hydrogens is 314 g/mol. The highest BCUT2D eigenvalue weighted by molar-refractivity contribution is 9.10. The van der Waals surface area contributed by atoms with Crippen LogP contribution in [0.5, 0.6) is 0 Å². The lowest BCUT2D eigenvalue weighted by Gasteiger charge is -2.26. The van der Waals surface area contributed by atoms with Gasteiger partial charge in [-0.05, 0) is 43.0 Å². The monoisotopic (exact) mass is 329 g/mol. The third-order valence-corrected chi connectivity index (χ3v) is 4.53. The molecule has 1 aliphatic rings. The molecule has 1 unspecified atom stereocenters. The van der Waals surface area contributed by atoms with Crippen LogP contribution in [0, 0.1) is 0 Å². The molecule has 0 saturated heterocycles. The predicted octanol–water partition coefficient (Wildman–Crippen LogP) is 4.46. The second-order valence-electron chi connectivity index (χ2n) is 4.73. The van der Waals surface area contributed by atoms with Crippen LogP contribution in [0.4, 0.5) is 5.69 Å². The number of carbonyl (C=O) groups is 1. The molecule has 2 rings (SSSR count). The van der Waals surface area contributed by atoms with Crippen LogP contribution in [0.1, 0.15) is 38.2 Å². The Morgan fingerprint density at radius 3 is 2.83 bits per heavy atom. The zero-order valence-electron chi connectivity index (χ0n) is 10.4. The van der Waals surface area contributed by atoms with Gasteiger partial charge < -0.3 is 5.32 Å². The van der Waals surface area contributed by atoms with Gasteiger partial charge in [0.1, 0.15) is 0 Å². The maximum atomic E-state index is 12.3. The van der Waals surface area contributed by atoms with E-state index in [1.54, 1.807) is 0 Å². The molecule has 1 amide bonds. The van der Waals surface area contributed by atoms with Gasteiger partial charge in [0.05, 0.1) is 5.41 Å². The number of rotatable bonds is 5. The van der Waals surface area contributed by atoms with E-state index in [9.17, 15) is 4.79 Å². The molecular formula is C14H17BrClNO. The van der Waals surface area contributed by atoms with Gasteiger partial charge in [0, 0.05) is 16.0 Å². The first-order chi connectivity index (χ1) is 8.64. The van der Waals surface area contributed by atoms with E-state index >= 15 is 0 Å². The van der Waals surface area contributed by atoms with Crippen molar-refractivity contribution in [3.63, 3.8) is 0 Å². The van der Waals surface area contributed by atoms with Crippen LogP contribution in [0.15, 0.2) is 22.7 Å². The van der Waals surface area contributed by atoms with Crippen LogP contribution in [-0.4, -0.2) is 11.8 Å². The molecule has 0 aromatic heterocycles. The molecule has 0 aliphatic carbocycles. The molecule has 0 radical (unpaired) electrons. The van der Waals surface area contributed by atoms with Gasteiger partial charge in [-0.1, -0.05) is 29.3 Å². The number of benzene rings is 1. The van der Waals surface area contributed by atoms with Crippen LogP contribution in [-0.2, 0) is 10.2 Å². The topological polar surface area (TPSA) is 29.1 Å². The Morgan fingerprint density at radius 2 is 2.17 bits per heavy atom. The number of fused-ring (bicyclic) bond motifs is 1. The summed E-state index contributed by atoms with van der Waals surface area (Å²) >= 11 is 9.22. The van der Waals surface area contributed by atoms with Crippen LogP contribution in [0.2, 0.25) is 0 Å². The molecule has 98 valence electrons. The summed E-state index contributed by atoms with van der Waals surface area (Å²) in [5.41, 5.74) is 1.71. The molecule has 1 heterocycles. The summed E-state index contributed by atoms with van der Waals surface area (Å²) in [6.45, 7) is 2.08. The second kappa shape index (κ2) is 5.62. The average Bonchev–Trinajstić information content (AvgIpc) is 2.63. The minimum atomic E-state index is -0.370. The number of hydrogen-bond donors (Lipinski definition) is 1. The van der Waals surface area contributed by atoms with Crippen molar-refractivity contribution < 1.29 is 4.79 Å². The van der Waals surface area contributed by atoms with Gasteiger partial charge in [-0.3, -0.25) is 4.79 Å². The van der Waals surface area contributed by atoms with Crippen molar-refractivity contribution in [1.29, 1.82) is 0 Å². The van der Waals surface area contributed by atoms with E-state index in [0.717, 1.165) is 41.4 Å². The Morgan fingerprint density at radius 1 is 1.39 bits per heavy atom. The summed E-state index contributed by atoms with van der Waals surface area (Å²) in [4.78, 5) is 12.3. The lowest BCUT2D eigenvalue weighted by molar-refractivity contribution is -0.121. The lowest BCUT2D eigenvalue weighted by Crippen LogP contribution is -2.33. The first-order valence-electron chi connectivity index (χ1n) is 6.31. The van der Waals surface area contributed by atoms with Crippen LogP contribution in [0.3, 0.4) is 0 Å². The van der Waals surface area contributed by atoms with E-state index in [2.05, 4.69) is 34.2 Å². The summed E-state index contributed by atoms with van der Waals surface area (Å²) in [5.74, 6) is 0.792. The van der Waals surface area contributed by atoms with Crippen molar-refractivity contribution in [1.82, 2.24) is 0 Å². The van der Waals surface area contributed by atoms with Crippen molar-refractivity contribution in [3.8, 4) is 0 Å². The summed E-state index contributed by atoms with van der Waals surface area (Å²) in [6.07, 6.45) is 3.63. The molecule has 1 aliphatic heterocycles. The highest BCUT2D eigenvalue weighted by atomic mass is 79.9. The van der Waals surface area contributed by atoms with Gasteiger partial charge in [0.2, 0.25) is 5.91 Å². The maximum absolute atomic E-state index is 12.3. The number of anilines is 1. The highest BCUT2D eigenvalue weighted by Crippen LogP contribution is 2.44. The Hall–Kier alpha value is -0.540. The van der Waals surface area contributed by atoms with Gasteiger partial charge in [-0.25, -0.2) is 0 Å². The van der Waals surface area contributed by atoms with Crippen LogP contribution < -0.4 is 5.32 Å². The molecule has 1 aromatic carbocycles. The fourth-order valence-corrected chi connectivity index (χ4v) is 3.23. The Bertz CT molecular complexity index is 463. The molecule has 0 fully saturated rings. The number of alkyl halides is 1. The van der Waals surface area contributed by atoms with E-state index < -0.39 is 0 Å². The SMILES string of the molecule is CCC1(CCCCCl)C(=O)Nc2ccc(Br)cc21. The number of nitrogens with one attached hydrogen (secondary N) is 1. The highest BCUT2D eigenvalue weighted by Gasteiger charge is 2.44. The first-order valence-corrected chi connectivity index (χ1v) is 7.64. The molecule has 18 heavy (non-hydrogen) atoms. The fraction of sp³-hybridized carbons (Fsp3) is 0.500. The third kappa shape index (κ3) is 2.30. The molecule has 1 aromatic rings. The standard InChI is InChI=1S/C14H17BrClNO/c1-2-14(7-3-4-8-16)11-9-10(15)5-6-12(11)17-13(14)18/h5-6,9H,2-4,7-8H2,1H3,(H,17,18). The van der Waals surface area contributed by atoms with Gasteiger partial charge in [-0.2, -0.15) is 0 Å². The Balaban J connectivity index is 2.35. The largest absolute Gasteiger partial charge is 0.325 e. The maximum Gasteiger partial charge on any atom is 0.235 e. The summed E-state index contributed by atoms with van der Waals surface area (Å²) in [5, 5.41) is 3.00. The van der Waals surface area contributed by atoms with Crippen molar-refractivity contribution in [2.45, 2.75) is 38.0 Å². The molecule has 2 nitrogen and oxygen atoms in total. The summed E-state index contributed by atoms with van der Waals surface area (Å²) in [6, 6.07) is 6.00. The number of halogens is 2. The van der Waals surface area contributed by atoms with Crippen molar-refractivity contribution in [3.05, 3.63) is 28.2 Å². The quantitative estimate of drug-likeness (QED) is 0.627. The minimum Gasteiger partial charge on any atom is -0.325 e. The minimum absolute atomic E-state index is 0.132. The van der Waals surface area contributed by atoms with Gasteiger partial charge in [-0.15, -0.1) is 11.6 Å². The van der Waals surface area contributed by atoms with E-state index in [0.29, 0.717) is 5.88 Å².